The van der Waals surface area contributed by atoms with Crippen molar-refractivity contribution in [2.45, 2.75) is 71.5 Å². The fourth-order valence-corrected chi connectivity index (χ4v) is 4.69. The predicted molar refractivity (Wildman–Crippen MR) is 86.1 cm³/mol. The Kier molecular flexibility index (Phi) is 4.56. The molecule has 3 rings (SSSR count). The molecule has 3 aliphatic rings. The van der Waals surface area contributed by atoms with Crippen molar-refractivity contribution in [1.82, 2.24) is 0 Å². The highest BCUT2D eigenvalue weighted by Crippen LogP contribution is 2.49. The SMILES string of the molecule is C/C=C1/C2=C(CCC1C(C)CCC)CC1(CC2)OCCO1. The van der Waals surface area contributed by atoms with Crippen LogP contribution in [0.25, 0.3) is 0 Å². The second kappa shape index (κ2) is 6.26. The maximum Gasteiger partial charge on any atom is 0.172 e. The van der Waals surface area contributed by atoms with E-state index in [0.29, 0.717) is 0 Å². The molecule has 0 radical (unpaired) electrons. The van der Waals surface area contributed by atoms with Gasteiger partial charge in [0, 0.05) is 12.8 Å². The molecule has 1 aliphatic heterocycles. The predicted octanol–water partition coefficient (Wildman–Crippen LogP) is 5.00. The Bertz CT molecular complexity index is 440. The molecule has 1 fully saturated rings. The Hall–Kier alpha value is -0.600. The number of ether oxygens (including phenoxy) is 2. The molecular weight excluding hydrogens is 260 g/mol. The third-order valence-corrected chi connectivity index (χ3v) is 5.73. The topological polar surface area (TPSA) is 18.5 Å². The summed E-state index contributed by atoms with van der Waals surface area (Å²) >= 11 is 0. The number of hydrogen-bond acceptors (Lipinski definition) is 2. The first-order valence-corrected chi connectivity index (χ1v) is 8.84. The van der Waals surface area contributed by atoms with E-state index in [0.717, 1.165) is 44.3 Å². The molecule has 0 aromatic heterocycles. The normalized spacial score (nSPS) is 31.8. The van der Waals surface area contributed by atoms with Crippen LogP contribution in [-0.4, -0.2) is 19.0 Å². The van der Waals surface area contributed by atoms with Crippen molar-refractivity contribution >= 4 is 0 Å². The van der Waals surface area contributed by atoms with E-state index in [1.54, 1.807) is 16.7 Å². The summed E-state index contributed by atoms with van der Waals surface area (Å²) in [7, 11) is 0. The van der Waals surface area contributed by atoms with Gasteiger partial charge in [0.25, 0.3) is 0 Å². The Morgan fingerprint density at radius 2 is 2.05 bits per heavy atom. The molecule has 118 valence electrons. The van der Waals surface area contributed by atoms with Crippen LogP contribution in [0.2, 0.25) is 0 Å². The van der Waals surface area contributed by atoms with Crippen molar-refractivity contribution < 1.29 is 9.47 Å². The molecule has 21 heavy (non-hydrogen) atoms. The number of hydrogen-bond donors (Lipinski definition) is 0. The fourth-order valence-electron chi connectivity index (χ4n) is 4.69. The van der Waals surface area contributed by atoms with Gasteiger partial charge in [-0.1, -0.05) is 38.3 Å². The van der Waals surface area contributed by atoms with E-state index >= 15 is 0 Å². The van der Waals surface area contributed by atoms with Gasteiger partial charge in [0.05, 0.1) is 13.2 Å². The molecule has 0 amide bonds. The van der Waals surface area contributed by atoms with Crippen molar-refractivity contribution in [1.29, 1.82) is 0 Å². The van der Waals surface area contributed by atoms with Gasteiger partial charge in [-0.15, -0.1) is 0 Å². The van der Waals surface area contributed by atoms with E-state index in [1.807, 2.05) is 0 Å². The fraction of sp³-hybridized carbons (Fsp3) is 0.789. The van der Waals surface area contributed by atoms with Crippen LogP contribution in [0.4, 0.5) is 0 Å². The summed E-state index contributed by atoms with van der Waals surface area (Å²) in [6.45, 7) is 8.52. The standard InChI is InChI=1S/C19H30O2/c1-4-6-14(3)17-8-7-15-13-19(20-11-12-21-19)10-9-18(15)16(17)5-2/h5,14,17H,4,6-13H2,1-3H3/b16-5+. The molecule has 0 aromatic carbocycles. The van der Waals surface area contributed by atoms with Crippen LogP contribution >= 0.6 is 0 Å². The zero-order valence-corrected chi connectivity index (χ0v) is 13.9. The van der Waals surface area contributed by atoms with E-state index in [1.165, 1.54) is 25.7 Å². The smallest absolute Gasteiger partial charge is 0.172 e. The van der Waals surface area contributed by atoms with Gasteiger partial charge in [0.1, 0.15) is 0 Å². The van der Waals surface area contributed by atoms with E-state index in [-0.39, 0.29) is 5.79 Å². The largest absolute Gasteiger partial charge is 0.347 e. The molecule has 1 spiro atoms. The maximum atomic E-state index is 5.94. The summed E-state index contributed by atoms with van der Waals surface area (Å²) in [5.74, 6) is 1.32. The first kappa shape index (κ1) is 15.3. The van der Waals surface area contributed by atoms with Gasteiger partial charge in [-0.3, -0.25) is 0 Å². The van der Waals surface area contributed by atoms with Crippen LogP contribution in [-0.2, 0) is 9.47 Å². The highest BCUT2D eigenvalue weighted by Gasteiger charge is 2.43. The van der Waals surface area contributed by atoms with Crippen molar-refractivity contribution in [3.05, 3.63) is 22.8 Å². The Morgan fingerprint density at radius 1 is 1.29 bits per heavy atom. The first-order chi connectivity index (χ1) is 10.2. The zero-order valence-electron chi connectivity index (χ0n) is 13.9. The summed E-state index contributed by atoms with van der Waals surface area (Å²) in [6.07, 6.45) is 10.8. The van der Waals surface area contributed by atoms with Crippen LogP contribution in [0.5, 0.6) is 0 Å². The molecule has 0 bridgehead atoms. The summed E-state index contributed by atoms with van der Waals surface area (Å²) in [6, 6.07) is 0. The average Bonchev–Trinajstić information content (AvgIpc) is 2.94. The molecule has 0 saturated carbocycles. The van der Waals surface area contributed by atoms with Gasteiger partial charge in [-0.05, 0) is 49.2 Å². The summed E-state index contributed by atoms with van der Waals surface area (Å²) < 4.78 is 11.9. The maximum absolute atomic E-state index is 5.94. The van der Waals surface area contributed by atoms with Crippen molar-refractivity contribution in [2.24, 2.45) is 11.8 Å². The van der Waals surface area contributed by atoms with Crippen LogP contribution in [0.15, 0.2) is 22.8 Å². The van der Waals surface area contributed by atoms with Gasteiger partial charge < -0.3 is 9.47 Å². The monoisotopic (exact) mass is 290 g/mol. The van der Waals surface area contributed by atoms with Crippen LogP contribution < -0.4 is 0 Å². The van der Waals surface area contributed by atoms with Crippen molar-refractivity contribution in [3.63, 3.8) is 0 Å². The second-order valence-corrected chi connectivity index (χ2v) is 7.02. The second-order valence-electron chi connectivity index (χ2n) is 7.02. The van der Waals surface area contributed by atoms with Crippen molar-refractivity contribution in [3.8, 4) is 0 Å². The molecule has 0 aromatic rings. The van der Waals surface area contributed by atoms with E-state index in [2.05, 4.69) is 26.8 Å². The molecule has 2 nitrogen and oxygen atoms in total. The van der Waals surface area contributed by atoms with Crippen LogP contribution in [0.3, 0.4) is 0 Å². The molecule has 1 heterocycles. The van der Waals surface area contributed by atoms with Gasteiger partial charge in [0.2, 0.25) is 0 Å². The molecule has 2 aliphatic carbocycles. The molecule has 2 atom stereocenters. The lowest BCUT2D eigenvalue weighted by Gasteiger charge is -2.41. The van der Waals surface area contributed by atoms with Gasteiger partial charge in [0.15, 0.2) is 5.79 Å². The minimum absolute atomic E-state index is 0.264. The van der Waals surface area contributed by atoms with E-state index in [9.17, 15) is 0 Å². The third kappa shape index (κ3) is 2.85. The lowest BCUT2D eigenvalue weighted by atomic mass is 9.68. The van der Waals surface area contributed by atoms with E-state index in [4.69, 9.17) is 9.47 Å². The van der Waals surface area contributed by atoms with E-state index < -0.39 is 0 Å². The van der Waals surface area contributed by atoms with Crippen molar-refractivity contribution in [2.75, 3.05) is 13.2 Å². The molecule has 1 saturated heterocycles. The highest BCUT2D eigenvalue weighted by atomic mass is 16.7. The summed E-state index contributed by atoms with van der Waals surface area (Å²) in [4.78, 5) is 0. The minimum Gasteiger partial charge on any atom is -0.347 e. The summed E-state index contributed by atoms with van der Waals surface area (Å²) in [5.41, 5.74) is 4.92. The van der Waals surface area contributed by atoms with Gasteiger partial charge in [-0.25, -0.2) is 0 Å². The Morgan fingerprint density at radius 3 is 2.71 bits per heavy atom. The minimum atomic E-state index is -0.264. The third-order valence-electron chi connectivity index (χ3n) is 5.73. The average molecular weight is 290 g/mol. The zero-order chi connectivity index (χ0) is 14.9. The molecule has 2 heteroatoms. The molecule has 0 N–H and O–H groups in total. The Balaban J connectivity index is 1.81. The quantitative estimate of drug-likeness (QED) is 0.728. The molecular formula is C19H30O2. The molecule has 2 unspecified atom stereocenters. The number of allylic oxidation sites excluding steroid dienone is 3. The Labute approximate surface area is 129 Å². The number of rotatable bonds is 3. The van der Waals surface area contributed by atoms with Crippen LogP contribution in [0.1, 0.15) is 65.7 Å². The van der Waals surface area contributed by atoms with Crippen LogP contribution in [0, 0.1) is 11.8 Å². The highest BCUT2D eigenvalue weighted by molar-refractivity contribution is 5.42. The lowest BCUT2D eigenvalue weighted by molar-refractivity contribution is -0.164. The summed E-state index contributed by atoms with van der Waals surface area (Å²) in [5, 5.41) is 0. The van der Waals surface area contributed by atoms with Gasteiger partial charge in [-0.2, -0.15) is 0 Å². The van der Waals surface area contributed by atoms with Gasteiger partial charge >= 0.3 is 0 Å². The first-order valence-electron chi connectivity index (χ1n) is 8.84. The lowest BCUT2D eigenvalue weighted by Crippen LogP contribution is -2.36.